The molecule has 0 heteroatoms. The van der Waals surface area contributed by atoms with Crippen LogP contribution < -0.4 is 0 Å². The molecular formula is C23H36. The highest BCUT2D eigenvalue weighted by Gasteiger charge is 2.23. The Kier molecular flexibility index (Phi) is 6.50. The molecule has 0 heterocycles. The van der Waals surface area contributed by atoms with Gasteiger partial charge in [-0.25, -0.2) is 0 Å². The lowest BCUT2D eigenvalue weighted by Crippen LogP contribution is -2.16. The molecule has 128 valence electrons. The molecule has 0 saturated heterocycles. The third kappa shape index (κ3) is 4.72. The van der Waals surface area contributed by atoms with Crippen LogP contribution in [0.4, 0.5) is 0 Å². The van der Waals surface area contributed by atoms with Gasteiger partial charge in [0.05, 0.1) is 0 Å². The zero-order chi connectivity index (χ0) is 17.0. The molecule has 1 aromatic carbocycles. The van der Waals surface area contributed by atoms with E-state index >= 15 is 0 Å². The smallest absolute Gasteiger partial charge is 0.0182 e. The van der Waals surface area contributed by atoms with Crippen molar-refractivity contribution < 1.29 is 0 Å². The summed E-state index contributed by atoms with van der Waals surface area (Å²) in [6.07, 6.45) is 11.4. The summed E-state index contributed by atoms with van der Waals surface area (Å²) < 4.78 is 0. The van der Waals surface area contributed by atoms with E-state index in [0.29, 0.717) is 11.8 Å². The molecule has 4 atom stereocenters. The summed E-state index contributed by atoms with van der Waals surface area (Å²) >= 11 is 0. The topological polar surface area (TPSA) is 0 Å². The molecule has 0 N–H and O–H groups in total. The second-order valence-electron chi connectivity index (χ2n) is 8.26. The molecule has 0 fully saturated rings. The lowest BCUT2D eigenvalue weighted by molar-refractivity contribution is 0.435. The maximum Gasteiger partial charge on any atom is -0.0182 e. The van der Waals surface area contributed by atoms with Crippen LogP contribution in [0.1, 0.15) is 88.5 Å². The van der Waals surface area contributed by atoms with Gasteiger partial charge in [-0.3, -0.25) is 0 Å². The van der Waals surface area contributed by atoms with Gasteiger partial charge in [0.25, 0.3) is 0 Å². The molecule has 2 rings (SSSR count). The largest absolute Gasteiger partial charge is 0.0811 e. The number of fused-ring (bicyclic) bond motifs is 1. The summed E-state index contributed by atoms with van der Waals surface area (Å²) in [4.78, 5) is 0. The van der Waals surface area contributed by atoms with E-state index in [1.54, 1.807) is 11.1 Å². The summed E-state index contributed by atoms with van der Waals surface area (Å²) in [5.41, 5.74) is 6.18. The molecule has 0 amide bonds. The van der Waals surface area contributed by atoms with Crippen molar-refractivity contribution in [2.45, 2.75) is 79.6 Å². The van der Waals surface area contributed by atoms with Crippen LogP contribution >= 0.6 is 0 Å². The molecule has 0 bridgehead atoms. The molecule has 0 nitrogen and oxygen atoms in total. The van der Waals surface area contributed by atoms with Crippen molar-refractivity contribution in [2.24, 2.45) is 17.8 Å². The lowest BCUT2D eigenvalue weighted by Gasteiger charge is -2.29. The molecule has 0 aromatic heterocycles. The molecule has 0 aliphatic heterocycles. The first-order valence-corrected chi connectivity index (χ1v) is 9.72. The van der Waals surface area contributed by atoms with Crippen molar-refractivity contribution in [2.75, 3.05) is 0 Å². The maximum atomic E-state index is 2.43. The number of hydrogen-bond acceptors (Lipinski definition) is 0. The molecule has 1 aromatic rings. The average molecular weight is 313 g/mol. The van der Waals surface area contributed by atoms with Gasteiger partial charge in [0.1, 0.15) is 0 Å². The Labute approximate surface area is 144 Å². The molecular weight excluding hydrogens is 276 g/mol. The monoisotopic (exact) mass is 312 g/mol. The predicted molar refractivity (Wildman–Crippen MR) is 104 cm³/mol. The van der Waals surface area contributed by atoms with E-state index in [2.05, 4.69) is 65.8 Å². The fourth-order valence-electron chi connectivity index (χ4n) is 4.62. The summed E-state index contributed by atoms with van der Waals surface area (Å²) in [6, 6.07) is 4.73. The summed E-state index contributed by atoms with van der Waals surface area (Å²) in [5.74, 6) is 3.05. The lowest BCUT2D eigenvalue weighted by atomic mass is 9.75. The molecule has 23 heavy (non-hydrogen) atoms. The molecule has 0 spiro atoms. The summed E-state index contributed by atoms with van der Waals surface area (Å²) in [7, 11) is 0. The minimum absolute atomic E-state index is 0.671. The minimum atomic E-state index is 0.671. The van der Waals surface area contributed by atoms with Crippen molar-refractivity contribution in [3.8, 4) is 0 Å². The molecule has 1 aliphatic carbocycles. The van der Waals surface area contributed by atoms with E-state index in [4.69, 9.17) is 0 Å². The van der Waals surface area contributed by atoms with Gasteiger partial charge in [0, 0.05) is 0 Å². The normalized spacial score (nSPS) is 23.7. The van der Waals surface area contributed by atoms with Crippen LogP contribution in [-0.2, 0) is 6.42 Å². The third-order valence-electron chi connectivity index (χ3n) is 5.62. The average Bonchev–Trinajstić information content (AvgIpc) is 2.45. The first kappa shape index (κ1) is 18.3. The predicted octanol–water partition coefficient (Wildman–Crippen LogP) is 7.16. The van der Waals surface area contributed by atoms with E-state index in [-0.39, 0.29) is 0 Å². The van der Waals surface area contributed by atoms with Crippen LogP contribution in [0, 0.1) is 24.7 Å². The first-order valence-electron chi connectivity index (χ1n) is 9.72. The second kappa shape index (κ2) is 8.18. The zero-order valence-electron chi connectivity index (χ0n) is 16.2. The van der Waals surface area contributed by atoms with E-state index in [1.165, 1.54) is 43.2 Å². The highest BCUT2D eigenvalue weighted by molar-refractivity contribution is 5.58. The Morgan fingerprint density at radius 3 is 2.65 bits per heavy atom. The Bertz CT molecular complexity index is 537. The quantitative estimate of drug-likeness (QED) is 0.523. The van der Waals surface area contributed by atoms with E-state index in [9.17, 15) is 0 Å². The second-order valence-corrected chi connectivity index (χ2v) is 8.26. The Hall–Kier alpha value is -1.04. The van der Waals surface area contributed by atoms with Crippen molar-refractivity contribution in [1.29, 1.82) is 0 Å². The Morgan fingerprint density at radius 2 is 1.96 bits per heavy atom. The van der Waals surface area contributed by atoms with E-state index in [0.717, 1.165) is 11.8 Å². The van der Waals surface area contributed by atoms with Crippen LogP contribution in [0.5, 0.6) is 0 Å². The van der Waals surface area contributed by atoms with Crippen molar-refractivity contribution in [1.82, 2.24) is 0 Å². The fourth-order valence-corrected chi connectivity index (χ4v) is 4.62. The third-order valence-corrected chi connectivity index (χ3v) is 5.62. The molecule has 0 saturated carbocycles. The van der Waals surface area contributed by atoms with Gasteiger partial charge in [0.2, 0.25) is 0 Å². The van der Waals surface area contributed by atoms with Crippen molar-refractivity contribution in [3.63, 3.8) is 0 Å². The Balaban J connectivity index is 2.12. The highest BCUT2D eigenvalue weighted by Crippen LogP contribution is 2.37. The number of allylic oxidation sites excluding steroid dienone is 1. The number of rotatable bonds is 6. The van der Waals surface area contributed by atoms with Gasteiger partial charge < -0.3 is 0 Å². The standard InChI is InChI=1S/C23H36/c1-7-8-16(2)13-17(3)9-10-21-11-12-22-15-18(4)14-19(5)23(22)20(21)6/h9-12,16-19H,7-8,13-15H2,1-6H3/b10-9+. The van der Waals surface area contributed by atoms with Crippen molar-refractivity contribution >= 4 is 6.08 Å². The van der Waals surface area contributed by atoms with E-state index in [1.807, 2.05) is 0 Å². The van der Waals surface area contributed by atoms with Crippen LogP contribution in [-0.4, -0.2) is 0 Å². The molecule has 0 radical (unpaired) electrons. The van der Waals surface area contributed by atoms with Gasteiger partial charge in [-0.2, -0.15) is 0 Å². The van der Waals surface area contributed by atoms with Crippen LogP contribution in [0.3, 0.4) is 0 Å². The molecule has 4 unspecified atom stereocenters. The van der Waals surface area contributed by atoms with Gasteiger partial charge in [0.15, 0.2) is 0 Å². The molecule has 1 aliphatic rings. The van der Waals surface area contributed by atoms with E-state index < -0.39 is 0 Å². The Morgan fingerprint density at radius 1 is 1.22 bits per heavy atom. The van der Waals surface area contributed by atoms with Crippen molar-refractivity contribution in [3.05, 3.63) is 40.5 Å². The summed E-state index contributed by atoms with van der Waals surface area (Å²) in [5, 5.41) is 0. The first-order chi connectivity index (χ1) is 10.9. The van der Waals surface area contributed by atoms with Gasteiger partial charge in [-0.1, -0.05) is 71.7 Å². The van der Waals surface area contributed by atoms with Crippen LogP contribution in [0.2, 0.25) is 0 Å². The van der Waals surface area contributed by atoms with Crippen LogP contribution in [0.15, 0.2) is 18.2 Å². The summed E-state index contributed by atoms with van der Waals surface area (Å²) in [6.45, 7) is 14.2. The van der Waals surface area contributed by atoms with Crippen LogP contribution in [0.25, 0.3) is 6.08 Å². The van der Waals surface area contributed by atoms with Gasteiger partial charge in [-0.15, -0.1) is 0 Å². The fraction of sp³-hybridized carbons (Fsp3) is 0.652. The number of hydrogen-bond donors (Lipinski definition) is 0. The van der Waals surface area contributed by atoms with Gasteiger partial charge >= 0.3 is 0 Å². The minimum Gasteiger partial charge on any atom is -0.0811 e. The number of benzene rings is 1. The highest BCUT2D eigenvalue weighted by atomic mass is 14.3. The maximum absolute atomic E-state index is 2.43. The zero-order valence-corrected chi connectivity index (χ0v) is 16.2. The van der Waals surface area contributed by atoms with Gasteiger partial charge in [-0.05, 0) is 72.1 Å². The SMILES string of the molecule is CCCC(C)CC(C)/C=C/c1ccc2c(c1C)C(C)CC(C)C2.